The van der Waals surface area contributed by atoms with Gasteiger partial charge >= 0.3 is 0 Å². The van der Waals surface area contributed by atoms with Crippen LogP contribution >= 0.6 is 0 Å². The summed E-state index contributed by atoms with van der Waals surface area (Å²) in [6.07, 6.45) is 7.44. The Balaban J connectivity index is 2.59. The van der Waals surface area contributed by atoms with Gasteiger partial charge < -0.3 is 0 Å². The van der Waals surface area contributed by atoms with Gasteiger partial charge in [0.2, 0.25) is 0 Å². The van der Waals surface area contributed by atoms with Gasteiger partial charge in [-0.2, -0.15) is 0 Å². The highest BCUT2D eigenvalue weighted by atomic mass is 14.8. The molecule has 0 fully saturated rings. The van der Waals surface area contributed by atoms with E-state index in [-0.39, 0.29) is 5.54 Å². The summed E-state index contributed by atoms with van der Waals surface area (Å²) >= 11 is 0. The van der Waals surface area contributed by atoms with E-state index in [2.05, 4.69) is 39.5 Å². The first kappa shape index (κ1) is 14.7. The minimum atomic E-state index is -0.134. The van der Waals surface area contributed by atoms with Crippen molar-refractivity contribution in [1.82, 2.24) is 0 Å². The van der Waals surface area contributed by atoms with Crippen LogP contribution in [0.15, 0.2) is 48.0 Å². The highest BCUT2D eigenvalue weighted by Gasteiger charge is 2.17. The van der Waals surface area contributed by atoms with Crippen LogP contribution in [0.25, 0.3) is 0 Å². The zero-order chi connectivity index (χ0) is 13.4. The molecule has 0 N–H and O–H groups in total. The van der Waals surface area contributed by atoms with Crippen molar-refractivity contribution in [3.05, 3.63) is 48.6 Å². The fourth-order valence-corrected chi connectivity index (χ4v) is 1.85. The summed E-state index contributed by atoms with van der Waals surface area (Å²) < 4.78 is 0. The number of hydrogen-bond donors (Lipinski definition) is 0. The Kier molecular flexibility index (Phi) is 5.84. The van der Waals surface area contributed by atoms with Crippen LogP contribution < -0.4 is 0 Å². The Morgan fingerprint density at radius 3 is 2.50 bits per heavy atom. The van der Waals surface area contributed by atoms with Gasteiger partial charge in [-0.1, -0.05) is 63.1 Å². The lowest BCUT2D eigenvalue weighted by Crippen LogP contribution is -2.18. The quantitative estimate of drug-likeness (QED) is 0.478. The van der Waals surface area contributed by atoms with Gasteiger partial charge in [0.25, 0.3) is 0 Å². The maximum atomic E-state index is 4.70. The molecule has 0 saturated heterocycles. The van der Waals surface area contributed by atoms with E-state index in [9.17, 15) is 0 Å². The number of benzene rings is 1. The van der Waals surface area contributed by atoms with Gasteiger partial charge in [0, 0.05) is 6.21 Å². The summed E-state index contributed by atoms with van der Waals surface area (Å²) in [5.74, 6) is 0.761. The normalized spacial score (nSPS) is 14.9. The molecule has 1 aromatic carbocycles. The van der Waals surface area contributed by atoms with Crippen LogP contribution in [0.2, 0.25) is 0 Å². The second-order valence-electron chi connectivity index (χ2n) is 5.52. The molecule has 0 aliphatic heterocycles. The van der Waals surface area contributed by atoms with Crippen molar-refractivity contribution < 1.29 is 0 Å². The predicted octanol–water partition coefficient (Wildman–Crippen LogP) is 4.88. The van der Waals surface area contributed by atoms with Gasteiger partial charge in [-0.25, -0.2) is 0 Å². The molecule has 0 aliphatic rings. The summed E-state index contributed by atoms with van der Waals surface area (Å²) in [7, 11) is 0. The van der Waals surface area contributed by atoms with E-state index in [0.29, 0.717) is 0 Å². The predicted molar refractivity (Wildman–Crippen MR) is 81.3 cm³/mol. The average molecular weight is 243 g/mol. The first-order valence-electron chi connectivity index (χ1n) is 6.79. The van der Waals surface area contributed by atoms with Gasteiger partial charge in [0.1, 0.15) is 0 Å². The Labute approximate surface area is 112 Å². The minimum Gasteiger partial charge on any atom is -0.282 e. The van der Waals surface area contributed by atoms with E-state index >= 15 is 0 Å². The lowest BCUT2D eigenvalue weighted by molar-refractivity contribution is 0.461. The first-order valence-corrected chi connectivity index (χ1v) is 6.79. The molecular formula is C17H25N. The monoisotopic (exact) mass is 243 g/mol. The lowest BCUT2D eigenvalue weighted by atomic mass is 9.93. The second-order valence-corrected chi connectivity index (χ2v) is 5.52. The van der Waals surface area contributed by atoms with E-state index in [4.69, 9.17) is 4.99 Å². The van der Waals surface area contributed by atoms with Crippen molar-refractivity contribution in [2.24, 2.45) is 10.9 Å². The summed E-state index contributed by atoms with van der Waals surface area (Å²) in [6, 6.07) is 10.2. The number of hydrogen-bond acceptors (Lipinski definition) is 1. The molecule has 0 radical (unpaired) electrons. The smallest absolute Gasteiger partial charge is 0.0757 e. The Morgan fingerprint density at radius 2 is 1.94 bits per heavy atom. The molecule has 0 heterocycles. The topological polar surface area (TPSA) is 12.4 Å². The molecule has 1 atom stereocenters. The van der Waals surface area contributed by atoms with E-state index in [1.807, 2.05) is 30.5 Å². The Hall–Kier alpha value is -1.37. The molecule has 1 aromatic rings. The van der Waals surface area contributed by atoms with E-state index in [0.717, 1.165) is 17.9 Å². The van der Waals surface area contributed by atoms with E-state index < -0.39 is 0 Å². The third-order valence-corrected chi connectivity index (χ3v) is 3.21. The van der Waals surface area contributed by atoms with Crippen LogP contribution in [0.3, 0.4) is 0 Å². The number of aliphatic imine (C=N–C) groups is 1. The first-order chi connectivity index (χ1) is 8.56. The molecule has 1 rings (SSSR count). The lowest BCUT2D eigenvalue weighted by Gasteiger charge is -2.21. The average Bonchev–Trinajstić information content (AvgIpc) is 2.37. The highest BCUT2D eigenvalue weighted by Crippen LogP contribution is 2.21. The van der Waals surface area contributed by atoms with Crippen LogP contribution in [0, 0.1) is 5.92 Å². The van der Waals surface area contributed by atoms with Crippen molar-refractivity contribution in [2.75, 3.05) is 0 Å². The summed E-state index contributed by atoms with van der Waals surface area (Å²) in [6.45, 7) is 10.6. The molecule has 1 nitrogen and oxygen atoms in total. The van der Waals surface area contributed by atoms with Crippen molar-refractivity contribution in [3.63, 3.8) is 0 Å². The van der Waals surface area contributed by atoms with Crippen LogP contribution in [0.5, 0.6) is 0 Å². The van der Waals surface area contributed by atoms with Gasteiger partial charge in [-0.3, -0.25) is 4.99 Å². The van der Waals surface area contributed by atoms with Crippen LogP contribution in [0.4, 0.5) is 0 Å². The third-order valence-electron chi connectivity index (χ3n) is 3.21. The second kappa shape index (κ2) is 7.15. The van der Waals surface area contributed by atoms with Crippen LogP contribution in [-0.2, 0) is 0 Å². The molecule has 0 aliphatic carbocycles. The number of nitrogens with zero attached hydrogens (tertiary/aromatic N) is 1. The molecule has 0 saturated carbocycles. The van der Waals surface area contributed by atoms with Gasteiger partial charge in [-0.05, 0) is 24.8 Å². The van der Waals surface area contributed by atoms with Crippen LogP contribution in [-0.4, -0.2) is 11.8 Å². The standard InChI is InChI=1S/C17H25N/c1-5-17(4,13-9-10-15(2)3)18-14-16-11-7-6-8-12-16/h5-8,11-12,14-15H,1,9-10,13H2,2-4H3. The van der Waals surface area contributed by atoms with E-state index in [1.54, 1.807) is 0 Å². The van der Waals surface area contributed by atoms with Gasteiger partial charge in [0.05, 0.1) is 5.54 Å². The maximum absolute atomic E-state index is 4.70. The Bertz CT molecular complexity index is 378. The summed E-state index contributed by atoms with van der Waals surface area (Å²) in [5.41, 5.74) is 1.01. The third kappa shape index (κ3) is 5.31. The fourth-order valence-electron chi connectivity index (χ4n) is 1.85. The van der Waals surface area contributed by atoms with Crippen molar-refractivity contribution in [3.8, 4) is 0 Å². The summed E-state index contributed by atoms with van der Waals surface area (Å²) in [4.78, 5) is 4.70. The molecule has 1 unspecified atom stereocenters. The number of rotatable bonds is 7. The molecule has 0 aromatic heterocycles. The van der Waals surface area contributed by atoms with Gasteiger partial charge in [0.15, 0.2) is 0 Å². The summed E-state index contributed by atoms with van der Waals surface area (Å²) in [5, 5.41) is 0. The van der Waals surface area contributed by atoms with Crippen molar-refractivity contribution in [2.45, 2.75) is 45.6 Å². The fraction of sp³-hybridized carbons (Fsp3) is 0.471. The molecule has 0 spiro atoms. The molecule has 98 valence electrons. The largest absolute Gasteiger partial charge is 0.282 e. The van der Waals surface area contributed by atoms with Crippen molar-refractivity contribution in [1.29, 1.82) is 0 Å². The van der Waals surface area contributed by atoms with E-state index in [1.165, 1.54) is 12.8 Å². The molecule has 1 heteroatoms. The maximum Gasteiger partial charge on any atom is 0.0757 e. The van der Waals surface area contributed by atoms with Gasteiger partial charge in [-0.15, -0.1) is 6.58 Å². The van der Waals surface area contributed by atoms with Crippen molar-refractivity contribution >= 4 is 6.21 Å². The molecule has 0 bridgehead atoms. The molecular weight excluding hydrogens is 218 g/mol. The minimum absolute atomic E-state index is 0.134. The molecule has 18 heavy (non-hydrogen) atoms. The SMILES string of the molecule is C=CC(C)(CCCC(C)C)N=Cc1ccccc1. The molecule has 0 amide bonds. The Morgan fingerprint density at radius 1 is 1.28 bits per heavy atom. The zero-order valence-corrected chi connectivity index (χ0v) is 11.9. The zero-order valence-electron chi connectivity index (χ0n) is 11.9. The van der Waals surface area contributed by atoms with Crippen LogP contribution in [0.1, 0.15) is 45.6 Å². The highest BCUT2D eigenvalue weighted by molar-refractivity contribution is 5.79.